The van der Waals surface area contributed by atoms with E-state index in [1.165, 1.54) is 23.9 Å². The van der Waals surface area contributed by atoms with Crippen molar-refractivity contribution in [3.05, 3.63) is 73.6 Å². The number of rotatable bonds is 10. The van der Waals surface area contributed by atoms with Crippen molar-refractivity contribution in [3.8, 4) is 11.5 Å². The molecule has 51 heavy (non-hydrogen) atoms. The maximum Gasteiger partial charge on any atom is 0.352 e. The number of nitrogen functional groups attached to an aromatic ring is 1. The minimum absolute atomic E-state index is 0.00487. The number of pyridine rings is 1. The third kappa shape index (κ3) is 6.84. The van der Waals surface area contributed by atoms with Crippen molar-refractivity contribution in [1.29, 1.82) is 0 Å². The van der Waals surface area contributed by atoms with Crippen LogP contribution in [0, 0.1) is 0 Å². The van der Waals surface area contributed by atoms with Crippen molar-refractivity contribution in [2.75, 3.05) is 24.6 Å². The summed E-state index contributed by atoms with van der Waals surface area (Å²) in [5.41, 5.74) is 6.88. The molecule has 7 N–H and O–H groups in total. The molecular formula is C30H26Cl2N7O10S2+. The zero-order valence-electron chi connectivity index (χ0n) is 25.9. The fraction of sp³-hybridized carbons (Fsp3) is 0.267. The molecule has 1 fully saturated rings. The van der Waals surface area contributed by atoms with Gasteiger partial charge in [-0.25, -0.2) is 14.6 Å². The van der Waals surface area contributed by atoms with Crippen LogP contribution >= 0.6 is 46.3 Å². The predicted octanol–water partition coefficient (Wildman–Crippen LogP) is 1.17. The summed E-state index contributed by atoms with van der Waals surface area (Å²) < 4.78 is 1.83. The van der Waals surface area contributed by atoms with Crippen molar-refractivity contribution >= 4 is 86.8 Å². The van der Waals surface area contributed by atoms with Crippen LogP contribution in [0.1, 0.15) is 27.3 Å². The Balaban J connectivity index is 1.19. The van der Waals surface area contributed by atoms with Gasteiger partial charge >= 0.3 is 11.9 Å². The number of anilines is 1. The molecule has 3 aromatic rings. The number of phenolic OH excluding ortho intramolecular Hbond substituents is 2. The van der Waals surface area contributed by atoms with E-state index < -0.39 is 64.9 Å². The van der Waals surface area contributed by atoms with Crippen LogP contribution in [0.2, 0.25) is 9.36 Å². The Labute approximate surface area is 305 Å². The Morgan fingerprint density at radius 1 is 1.18 bits per heavy atom. The summed E-state index contributed by atoms with van der Waals surface area (Å²) in [5, 5.41) is 43.8. The lowest BCUT2D eigenvalue weighted by atomic mass is 10.0. The van der Waals surface area contributed by atoms with Crippen molar-refractivity contribution in [2.24, 2.45) is 5.16 Å². The molecule has 266 valence electrons. The van der Waals surface area contributed by atoms with Gasteiger partial charge in [0.25, 0.3) is 17.7 Å². The molecule has 3 aliphatic heterocycles. The summed E-state index contributed by atoms with van der Waals surface area (Å²) in [4.78, 5) is 74.8. The largest absolute Gasteiger partial charge is 0.504 e. The van der Waals surface area contributed by atoms with E-state index >= 15 is 0 Å². The number of benzene rings is 1. The van der Waals surface area contributed by atoms with Gasteiger partial charge in [-0.3, -0.25) is 19.3 Å². The zero-order valence-corrected chi connectivity index (χ0v) is 29.1. The van der Waals surface area contributed by atoms with Gasteiger partial charge in [0.1, 0.15) is 27.1 Å². The number of aromatic nitrogens is 2. The number of hydrogen-bond acceptors (Lipinski definition) is 13. The number of carbonyl (C=O) groups is 5. The normalized spacial score (nSPS) is 18.5. The molecule has 0 unspecified atom stereocenters. The first-order valence-corrected chi connectivity index (χ1v) is 17.4. The first kappa shape index (κ1) is 35.7. The fourth-order valence-corrected chi connectivity index (χ4v) is 8.35. The van der Waals surface area contributed by atoms with Gasteiger partial charge in [-0.1, -0.05) is 39.7 Å². The smallest absolute Gasteiger partial charge is 0.352 e. The number of carbonyl (C=O) groups excluding carboxylic acids is 3. The molecular weight excluding hydrogens is 753 g/mol. The average molecular weight is 780 g/mol. The molecule has 0 spiro atoms. The van der Waals surface area contributed by atoms with Crippen LogP contribution in [0.15, 0.2) is 46.9 Å². The maximum atomic E-state index is 13.4. The highest BCUT2D eigenvalue weighted by atomic mass is 35.5. The van der Waals surface area contributed by atoms with Crippen LogP contribution in [0.4, 0.5) is 5.13 Å². The Kier molecular flexibility index (Phi) is 9.98. The lowest BCUT2D eigenvalue weighted by molar-refractivity contribution is -0.697. The number of carboxylic acid groups (broad SMARTS) is 2. The number of nitrogens with one attached hydrogen (secondary N) is 1. The third-order valence-corrected chi connectivity index (χ3v) is 11.0. The monoisotopic (exact) mass is 778 g/mol. The molecule has 3 aliphatic rings. The van der Waals surface area contributed by atoms with Crippen LogP contribution in [0.3, 0.4) is 0 Å². The number of thiazole rings is 1. The second-order valence-corrected chi connectivity index (χ2v) is 14.4. The molecule has 2 aromatic heterocycles. The predicted molar refractivity (Wildman–Crippen MR) is 181 cm³/mol. The number of aromatic hydroxyl groups is 2. The van der Waals surface area contributed by atoms with E-state index in [4.69, 9.17) is 38.9 Å². The van der Waals surface area contributed by atoms with Gasteiger partial charge in [-0.2, -0.15) is 4.57 Å². The van der Waals surface area contributed by atoms with E-state index in [0.29, 0.717) is 12.0 Å². The number of β-lactam (4-membered cyclic amide) rings is 1. The van der Waals surface area contributed by atoms with Gasteiger partial charge in [0.2, 0.25) is 6.61 Å². The average Bonchev–Trinajstić information content (AvgIpc) is 3.43. The second kappa shape index (κ2) is 14.3. The summed E-state index contributed by atoms with van der Waals surface area (Å²) >= 11 is 14.3. The number of thioether (sulfide) groups is 1. The van der Waals surface area contributed by atoms with Gasteiger partial charge in [-0.05, 0) is 18.2 Å². The minimum atomic E-state index is -1.36. The van der Waals surface area contributed by atoms with Crippen molar-refractivity contribution in [3.63, 3.8) is 0 Å². The van der Waals surface area contributed by atoms with E-state index in [1.54, 1.807) is 17.2 Å². The van der Waals surface area contributed by atoms with Crippen LogP contribution in [-0.4, -0.2) is 101 Å². The minimum Gasteiger partial charge on any atom is -0.504 e. The molecule has 0 bridgehead atoms. The molecule has 2 atom stereocenters. The Morgan fingerprint density at radius 2 is 1.94 bits per heavy atom. The van der Waals surface area contributed by atoms with E-state index in [-0.39, 0.29) is 56.8 Å². The molecule has 6 rings (SSSR count). The third-order valence-electron chi connectivity index (χ3n) is 8.16. The molecule has 1 aromatic carbocycles. The van der Waals surface area contributed by atoms with Crippen molar-refractivity contribution in [2.45, 2.75) is 30.9 Å². The lowest BCUT2D eigenvalue weighted by Crippen LogP contribution is -2.71. The number of fused-ring (bicyclic) bond motifs is 2. The lowest BCUT2D eigenvalue weighted by Gasteiger charge is -2.49. The first-order chi connectivity index (χ1) is 24.3. The van der Waals surface area contributed by atoms with Crippen LogP contribution in [-0.2, 0) is 43.5 Å². The highest BCUT2D eigenvalue weighted by Crippen LogP contribution is 2.41. The van der Waals surface area contributed by atoms with Gasteiger partial charge in [0.15, 0.2) is 40.8 Å². The number of halogens is 2. The Morgan fingerprint density at radius 3 is 2.63 bits per heavy atom. The molecule has 0 saturated carbocycles. The number of nitrogens with two attached hydrogens (primary N) is 1. The summed E-state index contributed by atoms with van der Waals surface area (Å²) in [6.07, 6.45) is 2.18. The molecule has 1 saturated heterocycles. The molecule has 21 heteroatoms. The van der Waals surface area contributed by atoms with E-state index in [9.17, 15) is 39.3 Å². The topological polar surface area (TPSA) is 249 Å². The van der Waals surface area contributed by atoms with E-state index in [2.05, 4.69) is 15.5 Å². The highest BCUT2D eigenvalue weighted by Gasteiger charge is 2.55. The summed E-state index contributed by atoms with van der Waals surface area (Å²) in [6.45, 7) is -0.269. The second-order valence-electron chi connectivity index (χ2n) is 11.3. The van der Waals surface area contributed by atoms with Crippen LogP contribution in [0.25, 0.3) is 0 Å². The molecule has 17 nitrogen and oxygen atoms in total. The van der Waals surface area contributed by atoms with Gasteiger partial charge in [0, 0.05) is 29.5 Å². The number of aliphatic carboxylic acids is 2. The van der Waals surface area contributed by atoms with Crippen LogP contribution < -0.4 is 15.6 Å². The quantitative estimate of drug-likeness (QED) is 0.0557. The number of hydrogen-bond donors (Lipinski definition) is 6. The summed E-state index contributed by atoms with van der Waals surface area (Å²) in [5.74, 6) is -5.64. The van der Waals surface area contributed by atoms with E-state index in [1.807, 2.05) is 10.6 Å². The van der Waals surface area contributed by atoms with Gasteiger partial charge in [0.05, 0.1) is 23.6 Å². The Hall–Kier alpha value is -5.11. The number of nitrogens with zero attached hydrogens (tertiary/aromatic N) is 5. The number of oxime groups is 1. The fourth-order valence-electron chi connectivity index (χ4n) is 5.85. The van der Waals surface area contributed by atoms with Crippen molar-refractivity contribution < 1.29 is 53.8 Å². The SMILES string of the molecule is Nc1nc(/C(=N/OCC(=O)O)C(=O)N[C@@H]2C(=O)N3C(C(=O)O)=C(C[n+]4cccc5c4CCN(C(=O)c4ccc(O)c(O)c4Cl)C5)CS[C@H]23)c(Cl)s1. The molecule has 3 amide bonds. The van der Waals surface area contributed by atoms with Gasteiger partial charge in [-0.15, -0.1) is 11.8 Å². The first-order valence-electron chi connectivity index (χ1n) is 14.8. The van der Waals surface area contributed by atoms with Crippen molar-refractivity contribution in [1.82, 2.24) is 20.1 Å². The van der Waals surface area contributed by atoms with Crippen LogP contribution in [0.5, 0.6) is 11.5 Å². The summed E-state index contributed by atoms with van der Waals surface area (Å²) in [6, 6.07) is 4.94. The molecule has 0 radical (unpaired) electrons. The van der Waals surface area contributed by atoms with E-state index in [0.717, 1.165) is 27.5 Å². The highest BCUT2D eigenvalue weighted by molar-refractivity contribution is 8.00. The number of amides is 3. The Bertz CT molecular complexity index is 2070. The number of phenols is 2. The zero-order chi connectivity index (χ0) is 36.7. The standard InChI is InChI=1S/C30H25Cl2N7O10S2/c31-18-14(3-4-16(40)23(18)43)26(45)38-7-5-15-12(8-38)2-1-6-37(15)9-13-11-50-28-21(27(46)39(28)22(13)29(47)48)34-25(44)20(36-49-10-17(41)42)19-24(32)51-30(33)35-19/h1-4,6,21,28H,5,7-11H2,(H6-,33,34,35,36,40,41,42,43,44,45,47,48)/p+1/t21-,28-/m1/s1. The molecule has 0 aliphatic carbocycles. The van der Waals surface area contributed by atoms with Gasteiger partial charge < -0.3 is 41.2 Å². The number of carboxylic acids is 2. The molecule has 5 heterocycles. The summed E-state index contributed by atoms with van der Waals surface area (Å²) in [7, 11) is 0. The maximum absolute atomic E-state index is 13.4.